The van der Waals surface area contributed by atoms with Gasteiger partial charge < -0.3 is 0 Å². The monoisotopic (exact) mass is 304 g/mol. The predicted molar refractivity (Wildman–Crippen MR) is 87.9 cm³/mol. The number of halogens is 1. The van der Waals surface area contributed by atoms with Crippen LogP contribution in [0.5, 0.6) is 0 Å². The number of thioether (sulfide) groups is 1. The van der Waals surface area contributed by atoms with E-state index in [0.29, 0.717) is 16.3 Å². The maximum atomic E-state index is 12.1. The highest BCUT2D eigenvalue weighted by atomic mass is 35.5. The molecule has 3 heteroatoms. The third-order valence-corrected chi connectivity index (χ3v) is 4.29. The van der Waals surface area contributed by atoms with E-state index in [1.165, 1.54) is 16.7 Å². The summed E-state index contributed by atoms with van der Waals surface area (Å²) in [6.07, 6.45) is 0. The average Bonchev–Trinajstić information content (AvgIpc) is 2.38. The number of rotatable bonds is 5. The number of hydrogen-bond donors (Lipinski definition) is 0. The van der Waals surface area contributed by atoms with Crippen molar-refractivity contribution in [2.24, 2.45) is 0 Å². The van der Waals surface area contributed by atoms with Crippen molar-refractivity contribution in [3.8, 4) is 0 Å². The summed E-state index contributed by atoms with van der Waals surface area (Å²) in [7, 11) is 0. The second-order valence-electron chi connectivity index (χ2n) is 4.89. The van der Waals surface area contributed by atoms with Gasteiger partial charge in [0.05, 0.1) is 10.8 Å². The van der Waals surface area contributed by atoms with Crippen molar-refractivity contribution in [2.75, 3.05) is 5.75 Å². The van der Waals surface area contributed by atoms with Gasteiger partial charge in [0.1, 0.15) is 0 Å². The highest BCUT2D eigenvalue weighted by Crippen LogP contribution is 2.20. The van der Waals surface area contributed by atoms with E-state index in [2.05, 4.69) is 32.0 Å². The first-order valence-corrected chi connectivity index (χ1v) is 8.02. The molecule has 0 saturated heterocycles. The molecule has 0 saturated carbocycles. The molecular formula is C17H17ClOS. The molecule has 2 rings (SSSR count). The number of carbonyl (C=O) groups excluding carboxylic acids is 1. The number of Topliss-reactive ketones (excluding diaryl/α,β-unsaturated/α-hetero) is 1. The zero-order valence-electron chi connectivity index (χ0n) is 11.7. The van der Waals surface area contributed by atoms with Gasteiger partial charge in [0, 0.05) is 11.3 Å². The summed E-state index contributed by atoms with van der Waals surface area (Å²) >= 11 is 7.65. The number of benzene rings is 2. The fourth-order valence-corrected chi connectivity index (χ4v) is 3.27. The van der Waals surface area contributed by atoms with Gasteiger partial charge in [-0.3, -0.25) is 4.79 Å². The third kappa shape index (κ3) is 4.12. The molecule has 0 N–H and O–H groups in total. The summed E-state index contributed by atoms with van der Waals surface area (Å²) in [5.74, 6) is 1.39. The lowest BCUT2D eigenvalue weighted by atomic mass is 10.1. The number of aryl methyl sites for hydroxylation is 2. The predicted octanol–water partition coefficient (Wildman–Crippen LogP) is 5.07. The highest BCUT2D eigenvalue weighted by molar-refractivity contribution is 7.99. The molecule has 0 fully saturated rings. The van der Waals surface area contributed by atoms with Gasteiger partial charge >= 0.3 is 0 Å². The Balaban J connectivity index is 1.93. The van der Waals surface area contributed by atoms with E-state index in [-0.39, 0.29) is 5.78 Å². The Morgan fingerprint density at radius 3 is 2.40 bits per heavy atom. The minimum Gasteiger partial charge on any atom is -0.293 e. The Labute approximate surface area is 129 Å². The summed E-state index contributed by atoms with van der Waals surface area (Å²) in [5, 5.41) is 0.532. The first-order valence-electron chi connectivity index (χ1n) is 6.49. The molecule has 0 atom stereocenters. The summed E-state index contributed by atoms with van der Waals surface area (Å²) < 4.78 is 0. The lowest BCUT2D eigenvalue weighted by Gasteiger charge is -2.06. The molecule has 0 unspecified atom stereocenters. The van der Waals surface area contributed by atoms with E-state index >= 15 is 0 Å². The third-order valence-electron chi connectivity index (χ3n) is 2.96. The molecule has 2 aromatic rings. The fourth-order valence-electron chi connectivity index (χ4n) is 2.18. The number of hydrogen-bond acceptors (Lipinski definition) is 2. The Bertz CT molecular complexity index is 602. The largest absolute Gasteiger partial charge is 0.293 e. The quantitative estimate of drug-likeness (QED) is 0.717. The van der Waals surface area contributed by atoms with E-state index in [0.717, 1.165) is 5.75 Å². The Kier molecular flexibility index (Phi) is 5.27. The lowest BCUT2D eigenvalue weighted by Crippen LogP contribution is -2.03. The molecule has 1 nitrogen and oxygen atoms in total. The molecule has 0 spiro atoms. The molecular weight excluding hydrogens is 288 g/mol. The van der Waals surface area contributed by atoms with Crippen molar-refractivity contribution in [3.05, 3.63) is 69.7 Å². The van der Waals surface area contributed by atoms with E-state index in [1.807, 2.05) is 12.1 Å². The molecule has 0 amide bonds. The molecule has 0 heterocycles. The lowest BCUT2D eigenvalue weighted by molar-refractivity contribution is 0.102. The van der Waals surface area contributed by atoms with Gasteiger partial charge in [-0.05, 0) is 31.5 Å². The van der Waals surface area contributed by atoms with Crippen molar-refractivity contribution < 1.29 is 4.79 Å². The standard InChI is InChI=1S/C17H17ClOS/c1-12-7-13(2)9-14(8-12)10-20-11-17(19)15-5-3-4-6-16(15)18/h3-9H,10-11H2,1-2H3. The zero-order chi connectivity index (χ0) is 14.5. The Hall–Kier alpha value is -1.25. The summed E-state index contributed by atoms with van der Waals surface area (Å²) in [4.78, 5) is 12.1. The number of carbonyl (C=O) groups is 1. The number of ketones is 1. The first kappa shape index (κ1) is 15.1. The van der Waals surface area contributed by atoms with Crippen LogP contribution >= 0.6 is 23.4 Å². The van der Waals surface area contributed by atoms with E-state index in [4.69, 9.17) is 11.6 Å². The van der Waals surface area contributed by atoms with Crippen LogP contribution in [0.2, 0.25) is 5.02 Å². The average molecular weight is 305 g/mol. The van der Waals surface area contributed by atoms with Crippen LogP contribution in [0.25, 0.3) is 0 Å². The summed E-state index contributed by atoms with van der Waals surface area (Å²) in [6, 6.07) is 13.7. The minimum absolute atomic E-state index is 0.0879. The molecule has 0 radical (unpaired) electrons. The SMILES string of the molecule is Cc1cc(C)cc(CSCC(=O)c2ccccc2Cl)c1. The maximum Gasteiger partial charge on any atom is 0.174 e. The highest BCUT2D eigenvalue weighted by Gasteiger charge is 2.09. The van der Waals surface area contributed by atoms with Crippen molar-refractivity contribution >= 4 is 29.1 Å². The smallest absolute Gasteiger partial charge is 0.174 e. The van der Waals surface area contributed by atoms with Crippen LogP contribution in [-0.4, -0.2) is 11.5 Å². The van der Waals surface area contributed by atoms with Gasteiger partial charge in [0.15, 0.2) is 5.78 Å². The fraction of sp³-hybridized carbons (Fsp3) is 0.235. The van der Waals surface area contributed by atoms with Crippen LogP contribution in [0.1, 0.15) is 27.0 Å². The van der Waals surface area contributed by atoms with E-state index < -0.39 is 0 Å². The van der Waals surface area contributed by atoms with Crippen LogP contribution in [-0.2, 0) is 5.75 Å². The van der Waals surface area contributed by atoms with E-state index in [9.17, 15) is 4.79 Å². The van der Waals surface area contributed by atoms with Crippen LogP contribution < -0.4 is 0 Å². The van der Waals surface area contributed by atoms with Crippen molar-refractivity contribution in [1.29, 1.82) is 0 Å². The first-order chi connectivity index (χ1) is 9.56. The second kappa shape index (κ2) is 6.96. The van der Waals surface area contributed by atoms with Gasteiger partial charge in [-0.1, -0.05) is 53.1 Å². The second-order valence-corrected chi connectivity index (χ2v) is 6.28. The van der Waals surface area contributed by atoms with Crippen LogP contribution in [0, 0.1) is 13.8 Å². The van der Waals surface area contributed by atoms with Crippen molar-refractivity contribution in [3.63, 3.8) is 0 Å². The van der Waals surface area contributed by atoms with Crippen LogP contribution in [0.3, 0.4) is 0 Å². The van der Waals surface area contributed by atoms with Crippen molar-refractivity contribution in [1.82, 2.24) is 0 Å². The van der Waals surface area contributed by atoms with Gasteiger partial charge in [0.2, 0.25) is 0 Å². The molecule has 0 aliphatic carbocycles. The van der Waals surface area contributed by atoms with Crippen LogP contribution in [0.15, 0.2) is 42.5 Å². The molecule has 2 aromatic carbocycles. The molecule has 0 bridgehead atoms. The molecule has 0 aliphatic rings. The Morgan fingerprint density at radius 1 is 1.10 bits per heavy atom. The zero-order valence-corrected chi connectivity index (χ0v) is 13.2. The molecule has 0 aromatic heterocycles. The normalized spacial score (nSPS) is 10.6. The Morgan fingerprint density at radius 2 is 1.75 bits per heavy atom. The van der Waals surface area contributed by atoms with Crippen molar-refractivity contribution in [2.45, 2.75) is 19.6 Å². The van der Waals surface area contributed by atoms with E-state index in [1.54, 1.807) is 23.9 Å². The topological polar surface area (TPSA) is 17.1 Å². The minimum atomic E-state index is 0.0879. The van der Waals surface area contributed by atoms with Crippen LogP contribution in [0.4, 0.5) is 0 Å². The van der Waals surface area contributed by atoms with Gasteiger partial charge in [-0.15, -0.1) is 11.8 Å². The molecule has 0 aliphatic heterocycles. The van der Waals surface area contributed by atoms with Gasteiger partial charge in [-0.25, -0.2) is 0 Å². The molecule has 20 heavy (non-hydrogen) atoms. The van der Waals surface area contributed by atoms with Gasteiger partial charge in [-0.2, -0.15) is 0 Å². The van der Waals surface area contributed by atoms with Gasteiger partial charge in [0.25, 0.3) is 0 Å². The summed E-state index contributed by atoms with van der Waals surface area (Å²) in [5.41, 5.74) is 4.40. The molecule has 104 valence electrons. The summed E-state index contributed by atoms with van der Waals surface area (Å²) in [6.45, 7) is 4.19. The maximum absolute atomic E-state index is 12.1.